The molecule has 0 aliphatic carbocycles. The first-order valence-electron chi connectivity index (χ1n) is 1.92. The molecule has 30 valence electrons. The van der Waals surface area contributed by atoms with Crippen LogP contribution in [0.2, 0.25) is 0 Å². The van der Waals surface area contributed by atoms with E-state index in [9.17, 15) is 0 Å². The van der Waals surface area contributed by atoms with Gasteiger partial charge >= 0.3 is 0 Å². The van der Waals surface area contributed by atoms with E-state index >= 15 is 0 Å². The highest BCUT2D eigenvalue weighted by Crippen LogP contribution is 2.19. The highest BCUT2D eigenvalue weighted by Gasteiger charge is 1.78. The summed E-state index contributed by atoms with van der Waals surface area (Å²) in [5, 5.41) is 0. The summed E-state index contributed by atoms with van der Waals surface area (Å²) in [5.41, 5.74) is 0. The molecule has 0 aliphatic heterocycles. The van der Waals surface area contributed by atoms with Gasteiger partial charge in [-0.15, -0.1) is 7.92 Å². The minimum absolute atomic E-state index is 0.402. The smallest absolute Gasteiger partial charge is 0.106 e. The quantitative estimate of drug-likeness (QED) is 0.319. The first-order chi connectivity index (χ1) is 2.27. The van der Waals surface area contributed by atoms with E-state index in [2.05, 4.69) is 21.2 Å². The van der Waals surface area contributed by atoms with Gasteiger partial charge in [0.05, 0.1) is 0 Å². The summed E-state index contributed by atoms with van der Waals surface area (Å²) in [6.07, 6.45) is 0. The Kier molecular flexibility index (Phi) is 2.99. The van der Waals surface area contributed by atoms with Gasteiger partial charge in [-0.25, -0.2) is 0 Å². The normalized spacial score (nSPS) is 9.40. The molecule has 0 fully saturated rings. The Morgan fingerprint density at radius 2 is 1.80 bits per heavy atom. The van der Waals surface area contributed by atoms with Crippen LogP contribution in [-0.4, -0.2) is 27.2 Å². The van der Waals surface area contributed by atoms with Crippen LogP contribution in [0.3, 0.4) is 0 Å². The summed E-state index contributed by atoms with van der Waals surface area (Å²) in [4.78, 5) is 0. The molecule has 0 heterocycles. The Bertz CT molecular complexity index is 20.9. The lowest BCUT2D eigenvalue weighted by Gasteiger charge is -1.92. The molecule has 0 unspecified atom stereocenters. The van der Waals surface area contributed by atoms with Crippen molar-refractivity contribution in [2.45, 2.75) is 0 Å². The largest absolute Gasteiger partial charge is 0.121 e. The average Bonchev–Trinajstić information content (AvgIpc) is 1.38. The van der Waals surface area contributed by atoms with Gasteiger partial charge in [-0.05, 0) is 13.3 Å². The van der Waals surface area contributed by atoms with Crippen LogP contribution in [0.4, 0.5) is 0 Å². The first-order valence-corrected chi connectivity index (χ1v) is 4.34. The highest BCUT2D eigenvalue weighted by molar-refractivity contribution is 7.57. The van der Waals surface area contributed by atoms with Crippen molar-refractivity contribution in [1.82, 2.24) is 0 Å². The molecule has 0 nitrogen and oxygen atoms in total. The van der Waals surface area contributed by atoms with Crippen molar-refractivity contribution in [3.05, 3.63) is 0 Å². The summed E-state index contributed by atoms with van der Waals surface area (Å²) in [5.74, 6) is 0. The Hall–Kier alpha value is 0.495. The monoisotopic (exact) mass is 88.1 g/mol. The van der Waals surface area contributed by atoms with Crippen LogP contribution in [0.15, 0.2) is 0 Å². The van der Waals surface area contributed by atoms with E-state index in [1.165, 1.54) is 6.06 Å². The molecule has 5 heavy (non-hydrogen) atoms. The fourth-order valence-electron chi connectivity index (χ4n) is 0. The second-order valence-electron chi connectivity index (χ2n) is 1.40. The molecule has 0 N–H and O–H groups in total. The van der Waals surface area contributed by atoms with Gasteiger partial charge in [-0.1, -0.05) is 6.06 Å². The lowest BCUT2D eigenvalue weighted by Crippen LogP contribution is -1.73. The molecule has 0 aromatic carbocycles. The topological polar surface area (TPSA) is 0 Å². The Morgan fingerprint density at radius 1 is 1.60 bits per heavy atom. The molecule has 0 amide bonds. The zero-order valence-corrected chi connectivity index (χ0v) is 5.05. The zero-order chi connectivity index (χ0) is 4.28. The molecule has 0 aliphatic rings. The molecular formula is C3H10BP. The molecule has 0 spiro atoms. The lowest BCUT2D eigenvalue weighted by molar-refractivity contribution is 2.02. The Balaban J connectivity index is 2.54. The second kappa shape index (κ2) is 2.72. The van der Waals surface area contributed by atoms with E-state index < -0.39 is 0 Å². The van der Waals surface area contributed by atoms with Gasteiger partial charge in [0.15, 0.2) is 0 Å². The third kappa shape index (κ3) is 4.49. The third-order valence-corrected chi connectivity index (χ3v) is 1.90. The zero-order valence-electron chi connectivity index (χ0n) is 4.15. The predicted molar refractivity (Wildman–Crippen MR) is 32.2 cm³/mol. The van der Waals surface area contributed by atoms with Crippen LogP contribution in [-0.2, 0) is 0 Å². The molecule has 0 atom stereocenters. The standard InChI is InChI=1S/C3H10BP/c1-5(2)3-4/h3-4H2,1-2H3. The van der Waals surface area contributed by atoms with Crippen molar-refractivity contribution < 1.29 is 0 Å². The average molecular weight is 87.9 g/mol. The van der Waals surface area contributed by atoms with Gasteiger partial charge < -0.3 is 0 Å². The second-order valence-corrected chi connectivity index (χ2v) is 4.19. The van der Waals surface area contributed by atoms with Crippen LogP contribution in [0.25, 0.3) is 0 Å². The van der Waals surface area contributed by atoms with Gasteiger partial charge in [-0.3, -0.25) is 0 Å². The van der Waals surface area contributed by atoms with E-state index in [1.807, 2.05) is 0 Å². The van der Waals surface area contributed by atoms with Crippen LogP contribution < -0.4 is 0 Å². The van der Waals surface area contributed by atoms with Gasteiger partial charge in [-0.2, -0.15) is 0 Å². The van der Waals surface area contributed by atoms with Crippen molar-refractivity contribution in [2.24, 2.45) is 0 Å². The fourth-order valence-corrected chi connectivity index (χ4v) is 0. The van der Waals surface area contributed by atoms with Crippen LogP contribution in [0.5, 0.6) is 0 Å². The molecule has 0 aromatic heterocycles. The minimum Gasteiger partial charge on any atom is -0.121 e. The Morgan fingerprint density at radius 3 is 1.80 bits per heavy atom. The highest BCUT2D eigenvalue weighted by atomic mass is 31.1. The van der Waals surface area contributed by atoms with Crippen molar-refractivity contribution in [2.75, 3.05) is 19.4 Å². The predicted octanol–water partition coefficient (Wildman–Crippen LogP) is 0.319. The maximum atomic E-state index is 2.29. The fraction of sp³-hybridized carbons (Fsp3) is 1.00. The molecule has 0 bridgehead atoms. The molecular weight excluding hydrogens is 77.8 g/mol. The number of hydrogen-bond donors (Lipinski definition) is 0. The van der Waals surface area contributed by atoms with Crippen LogP contribution in [0, 0.1) is 0 Å². The van der Waals surface area contributed by atoms with E-state index in [4.69, 9.17) is 0 Å². The van der Waals surface area contributed by atoms with E-state index in [-0.39, 0.29) is 0 Å². The maximum absolute atomic E-state index is 2.29. The maximum Gasteiger partial charge on any atom is 0.106 e. The lowest BCUT2D eigenvalue weighted by atomic mass is 10.2. The molecule has 0 aromatic rings. The Labute approximate surface area is 36.1 Å². The van der Waals surface area contributed by atoms with E-state index in [0.717, 1.165) is 0 Å². The summed E-state index contributed by atoms with van der Waals surface area (Å²) < 4.78 is 0. The van der Waals surface area contributed by atoms with Gasteiger partial charge in [0, 0.05) is 0 Å². The summed E-state index contributed by atoms with van der Waals surface area (Å²) >= 11 is 0. The van der Waals surface area contributed by atoms with E-state index in [1.54, 1.807) is 0 Å². The van der Waals surface area contributed by atoms with Crippen LogP contribution in [0.1, 0.15) is 0 Å². The van der Waals surface area contributed by atoms with Crippen molar-refractivity contribution >= 4 is 15.8 Å². The van der Waals surface area contributed by atoms with E-state index in [0.29, 0.717) is 7.92 Å². The molecule has 0 saturated carbocycles. The number of rotatable bonds is 1. The number of hydrogen-bond acceptors (Lipinski definition) is 0. The molecule has 0 rings (SSSR count). The molecule has 0 saturated heterocycles. The summed E-state index contributed by atoms with van der Waals surface area (Å²) in [7, 11) is 2.63. The van der Waals surface area contributed by atoms with Crippen molar-refractivity contribution in [3.63, 3.8) is 0 Å². The van der Waals surface area contributed by atoms with Crippen molar-refractivity contribution in [3.8, 4) is 0 Å². The van der Waals surface area contributed by atoms with Gasteiger partial charge in [0.1, 0.15) is 7.85 Å². The first kappa shape index (κ1) is 5.49. The molecule has 2 heteroatoms. The third-order valence-electron chi connectivity index (χ3n) is 0.632. The van der Waals surface area contributed by atoms with Gasteiger partial charge in [0.25, 0.3) is 0 Å². The molecule has 0 radical (unpaired) electrons. The minimum atomic E-state index is 0.402. The van der Waals surface area contributed by atoms with Gasteiger partial charge in [0.2, 0.25) is 0 Å². The summed E-state index contributed by atoms with van der Waals surface area (Å²) in [6, 6.07) is 1.37. The van der Waals surface area contributed by atoms with Crippen molar-refractivity contribution in [1.29, 1.82) is 0 Å². The SMILES string of the molecule is BCP(C)C. The van der Waals surface area contributed by atoms with Crippen LogP contribution >= 0.6 is 7.92 Å². The summed E-state index contributed by atoms with van der Waals surface area (Å²) in [6.45, 7) is 4.57.